The van der Waals surface area contributed by atoms with Gasteiger partial charge in [0.2, 0.25) is 0 Å². The lowest BCUT2D eigenvalue weighted by molar-refractivity contribution is 0.623. The molecule has 1 aliphatic carbocycles. The number of halogens is 1. The van der Waals surface area contributed by atoms with Gasteiger partial charge in [-0.25, -0.2) is 4.39 Å². The van der Waals surface area contributed by atoms with Crippen molar-refractivity contribution in [3.63, 3.8) is 0 Å². The molecule has 0 aromatic heterocycles. The van der Waals surface area contributed by atoms with Crippen molar-refractivity contribution >= 4 is 0 Å². The molecular weight excluding hydrogens is 165 g/mol. The smallest absolute Gasteiger partial charge is 0.123 e. The van der Waals surface area contributed by atoms with Crippen molar-refractivity contribution in [2.45, 2.75) is 19.3 Å². The van der Waals surface area contributed by atoms with Crippen molar-refractivity contribution < 1.29 is 4.39 Å². The van der Waals surface area contributed by atoms with Crippen LogP contribution in [0.25, 0.3) is 0 Å². The number of nitrogens with zero attached hydrogens (tertiary/aromatic N) is 1. The minimum Gasteiger partial charge on any atom is -0.207 e. The summed E-state index contributed by atoms with van der Waals surface area (Å²) in [6.45, 7) is 1.92. The van der Waals surface area contributed by atoms with E-state index in [1.165, 1.54) is 12.1 Å². The van der Waals surface area contributed by atoms with Gasteiger partial charge in [0.1, 0.15) is 5.82 Å². The molecule has 0 spiro atoms. The second-order valence-electron chi connectivity index (χ2n) is 3.84. The van der Waals surface area contributed by atoms with Crippen LogP contribution < -0.4 is 0 Å². The Labute approximate surface area is 76.8 Å². The van der Waals surface area contributed by atoms with Crippen LogP contribution >= 0.6 is 0 Å². The molecule has 2 atom stereocenters. The molecule has 0 radical (unpaired) electrons. The van der Waals surface area contributed by atoms with Crippen LogP contribution in [0.3, 0.4) is 0 Å². The van der Waals surface area contributed by atoms with Gasteiger partial charge in [0, 0.05) is 5.92 Å². The molecule has 0 heterocycles. The standard InChI is InChI=1S/C11H10FN/c1-11(7-13)6-10(11)8-3-2-4-9(12)5-8/h2-5,10H,6H2,1H3. The van der Waals surface area contributed by atoms with Crippen molar-refractivity contribution in [3.05, 3.63) is 35.6 Å². The van der Waals surface area contributed by atoms with Crippen molar-refractivity contribution in [2.75, 3.05) is 0 Å². The summed E-state index contributed by atoms with van der Waals surface area (Å²) < 4.78 is 12.8. The van der Waals surface area contributed by atoms with E-state index in [1.54, 1.807) is 6.07 Å². The van der Waals surface area contributed by atoms with Crippen LogP contribution in [0.1, 0.15) is 24.8 Å². The van der Waals surface area contributed by atoms with E-state index in [0.29, 0.717) is 0 Å². The summed E-state index contributed by atoms with van der Waals surface area (Å²) in [6.07, 6.45) is 0.854. The van der Waals surface area contributed by atoms with Crippen molar-refractivity contribution in [3.8, 4) is 6.07 Å². The summed E-state index contributed by atoms with van der Waals surface area (Å²) in [7, 11) is 0. The molecule has 66 valence electrons. The fourth-order valence-corrected chi connectivity index (χ4v) is 1.70. The van der Waals surface area contributed by atoms with Gasteiger partial charge >= 0.3 is 0 Å². The predicted octanol–water partition coefficient (Wildman–Crippen LogP) is 2.84. The first kappa shape index (κ1) is 8.25. The average Bonchev–Trinajstić information content (AvgIpc) is 2.79. The largest absolute Gasteiger partial charge is 0.207 e. The molecule has 1 saturated carbocycles. The number of rotatable bonds is 1. The molecule has 1 nitrogen and oxygen atoms in total. The quantitative estimate of drug-likeness (QED) is 0.643. The van der Waals surface area contributed by atoms with E-state index in [1.807, 2.05) is 13.0 Å². The number of benzene rings is 1. The molecule has 0 saturated heterocycles. The molecule has 1 fully saturated rings. The number of nitriles is 1. The molecule has 2 unspecified atom stereocenters. The van der Waals surface area contributed by atoms with Gasteiger partial charge in [-0.05, 0) is 31.0 Å². The fourth-order valence-electron chi connectivity index (χ4n) is 1.70. The van der Waals surface area contributed by atoms with Crippen LogP contribution in [0, 0.1) is 22.6 Å². The lowest BCUT2D eigenvalue weighted by Crippen LogP contribution is -1.92. The first-order chi connectivity index (χ1) is 6.15. The summed E-state index contributed by atoms with van der Waals surface area (Å²) in [6, 6.07) is 8.79. The summed E-state index contributed by atoms with van der Waals surface area (Å²) in [5.74, 6) is 0.0119. The zero-order valence-corrected chi connectivity index (χ0v) is 7.42. The van der Waals surface area contributed by atoms with Gasteiger partial charge in [-0.1, -0.05) is 12.1 Å². The van der Waals surface area contributed by atoms with E-state index in [0.717, 1.165) is 12.0 Å². The minimum absolute atomic E-state index is 0.218. The Kier molecular flexibility index (Phi) is 1.63. The molecule has 1 aromatic carbocycles. The van der Waals surface area contributed by atoms with Gasteiger partial charge < -0.3 is 0 Å². The molecule has 1 aromatic rings. The highest BCUT2D eigenvalue weighted by Gasteiger charge is 2.51. The van der Waals surface area contributed by atoms with Crippen molar-refractivity contribution in [2.24, 2.45) is 5.41 Å². The Bertz CT molecular complexity index is 380. The summed E-state index contributed by atoms with van der Waals surface area (Å²) in [4.78, 5) is 0. The monoisotopic (exact) mass is 175 g/mol. The highest BCUT2D eigenvalue weighted by Crippen LogP contribution is 2.58. The fraction of sp³-hybridized carbons (Fsp3) is 0.364. The van der Waals surface area contributed by atoms with E-state index >= 15 is 0 Å². The van der Waals surface area contributed by atoms with Gasteiger partial charge in [0.05, 0.1) is 11.5 Å². The van der Waals surface area contributed by atoms with Gasteiger partial charge in [-0.2, -0.15) is 5.26 Å². The van der Waals surface area contributed by atoms with E-state index < -0.39 is 0 Å². The van der Waals surface area contributed by atoms with Crippen LogP contribution in [-0.4, -0.2) is 0 Å². The van der Waals surface area contributed by atoms with Gasteiger partial charge in [0.15, 0.2) is 0 Å². The maximum absolute atomic E-state index is 12.8. The number of hydrogen-bond donors (Lipinski definition) is 0. The second-order valence-corrected chi connectivity index (χ2v) is 3.84. The summed E-state index contributed by atoms with van der Waals surface area (Å²) in [5, 5.41) is 8.82. The van der Waals surface area contributed by atoms with Gasteiger partial charge in [-0.15, -0.1) is 0 Å². The predicted molar refractivity (Wildman–Crippen MR) is 47.5 cm³/mol. The van der Waals surface area contributed by atoms with Crippen molar-refractivity contribution in [1.29, 1.82) is 5.26 Å². The first-order valence-corrected chi connectivity index (χ1v) is 4.32. The third-order valence-electron chi connectivity index (χ3n) is 2.74. The van der Waals surface area contributed by atoms with E-state index in [2.05, 4.69) is 6.07 Å². The molecule has 0 bridgehead atoms. The van der Waals surface area contributed by atoms with Crippen LogP contribution in [0.15, 0.2) is 24.3 Å². The van der Waals surface area contributed by atoms with Gasteiger partial charge in [-0.3, -0.25) is 0 Å². The molecular formula is C11H10FN. The minimum atomic E-state index is -0.256. The lowest BCUT2D eigenvalue weighted by Gasteiger charge is -2.00. The van der Waals surface area contributed by atoms with E-state index in [4.69, 9.17) is 5.26 Å². The third kappa shape index (κ3) is 1.31. The van der Waals surface area contributed by atoms with Crippen LogP contribution in [0.4, 0.5) is 4.39 Å². The molecule has 2 heteroatoms. The van der Waals surface area contributed by atoms with Crippen LogP contribution in [0.2, 0.25) is 0 Å². The maximum Gasteiger partial charge on any atom is 0.123 e. The summed E-state index contributed by atoms with van der Waals surface area (Å²) >= 11 is 0. The highest BCUT2D eigenvalue weighted by atomic mass is 19.1. The Morgan fingerprint density at radius 3 is 2.92 bits per heavy atom. The highest BCUT2D eigenvalue weighted by molar-refractivity contribution is 5.33. The Hall–Kier alpha value is -1.36. The molecule has 0 aliphatic heterocycles. The molecule has 13 heavy (non-hydrogen) atoms. The lowest BCUT2D eigenvalue weighted by atomic mass is 10.0. The normalized spacial score (nSPS) is 31.0. The van der Waals surface area contributed by atoms with E-state index in [9.17, 15) is 4.39 Å². The zero-order valence-electron chi connectivity index (χ0n) is 7.42. The Balaban J connectivity index is 2.27. The third-order valence-corrected chi connectivity index (χ3v) is 2.74. The first-order valence-electron chi connectivity index (χ1n) is 4.32. The topological polar surface area (TPSA) is 23.8 Å². The average molecular weight is 175 g/mol. The van der Waals surface area contributed by atoms with E-state index in [-0.39, 0.29) is 17.2 Å². The number of hydrogen-bond acceptors (Lipinski definition) is 1. The Morgan fingerprint density at radius 1 is 1.62 bits per heavy atom. The van der Waals surface area contributed by atoms with Crippen LogP contribution in [0.5, 0.6) is 0 Å². The molecule has 1 aliphatic rings. The maximum atomic E-state index is 12.8. The van der Waals surface area contributed by atoms with Crippen LogP contribution in [-0.2, 0) is 0 Å². The zero-order chi connectivity index (χ0) is 9.47. The molecule has 2 rings (SSSR count). The Morgan fingerprint density at radius 2 is 2.38 bits per heavy atom. The second kappa shape index (κ2) is 2.56. The summed E-state index contributed by atoms with van der Waals surface area (Å²) in [5.41, 5.74) is 0.692. The van der Waals surface area contributed by atoms with Crippen molar-refractivity contribution in [1.82, 2.24) is 0 Å². The molecule has 0 amide bonds. The van der Waals surface area contributed by atoms with Gasteiger partial charge in [0.25, 0.3) is 0 Å². The molecule has 0 N–H and O–H groups in total. The SMILES string of the molecule is CC1(C#N)CC1c1cccc(F)c1.